The van der Waals surface area contributed by atoms with Crippen LogP contribution >= 0.6 is 0 Å². The molecular formula is C22H29N3O. The largest absolute Gasteiger partial charge is 0.340 e. The summed E-state index contributed by atoms with van der Waals surface area (Å²) < 4.78 is 0. The summed E-state index contributed by atoms with van der Waals surface area (Å²) >= 11 is 0. The predicted octanol–water partition coefficient (Wildman–Crippen LogP) is 2.68. The van der Waals surface area contributed by atoms with Crippen molar-refractivity contribution in [1.82, 2.24) is 9.80 Å². The molecule has 26 heavy (non-hydrogen) atoms. The van der Waals surface area contributed by atoms with Gasteiger partial charge in [-0.3, -0.25) is 9.69 Å². The molecule has 138 valence electrons. The second-order valence-electron chi connectivity index (χ2n) is 7.22. The smallest absolute Gasteiger partial charge is 0.239 e. The molecule has 2 atom stereocenters. The Bertz CT molecular complexity index is 689. The summed E-state index contributed by atoms with van der Waals surface area (Å²) in [6.45, 7) is 5.60. The highest BCUT2D eigenvalue weighted by Crippen LogP contribution is 2.16. The van der Waals surface area contributed by atoms with E-state index >= 15 is 0 Å². The highest BCUT2D eigenvalue weighted by molar-refractivity contribution is 5.82. The van der Waals surface area contributed by atoms with Gasteiger partial charge in [0.2, 0.25) is 5.91 Å². The third-order valence-electron chi connectivity index (χ3n) is 5.25. The van der Waals surface area contributed by atoms with E-state index in [1.54, 1.807) is 0 Å². The average Bonchev–Trinajstić information content (AvgIpc) is 2.85. The molecule has 1 saturated heterocycles. The molecule has 1 aliphatic rings. The van der Waals surface area contributed by atoms with Crippen molar-refractivity contribution in [2.75, 3.05) is 19.6 Å². The molecule has 0 saturated carbocycles. The van der Waals surface area contributed by atoms with Crippen LogP contribution in [0.2, 0.25) is 0 Å². The first-order chi connectivity index (χ1) is 12.6. The maximum absolute atomic E-state index is 12.8. The van der Waals surface area contributed by atoms with E-state index in [0.29, 0.717) is 12.5 Å². The van der Waals surface area contributed by atoms with Crippen LogP contribution < -0.4 is 5.73 Å². The van der Waals surface area contributed by atoms with Gasteiger partial charge in [-0.2, -0.15) is 0 Å². The molecule has 0 aromatic heterocycles. The Morgan fingerprint density at radius 3 is 2.27 bits per heavy atom. The van der Waals surface area contributed by atoms with Gasteiger partial charge < -0.3 is 10.6 Å². The third-order valence-corrected chi connectivity index (χ3v) is 5.25. The van der Waals surface area contributed by atoms with Gasteiger partial charge >= 0.3 is 0 Å². The van der Waals surface area contributed by atoms with E-state index in [1.807, 2.05) is 41.3 Å². The Kier molecular flexibility index (Phi) is 6.42. The molecule has 1 aliphatic heterocycles. The molecule has 0 aliphatic carbocycles. The molecule has 2 N–H and O–H groups in total. The summed E-state index contributed by atoms with van der Waals surface area (Å²) in [7, 11) is 0. The first-order valence-corrected chi connectivity index (χ1v) is 9.50. The monoisotopic (exact) mass is 351 g/mol. The number of carbonyl (C=O) groups excluding carboxylic acids is 1. The van der Waals surface area contributed by atoms with Crippen LogP contribution in [-0.2, 0) is 17.8 Å². The summed E-state index contributed by atoms with van der Waals surface area (Å²) in [5.74, 6) is 0.0719. The fourth-order valence-electron chi connectivity index (χ4n) is 3.57. The number of amides is 1. The maximum atomic E-state index is 12.8. The van der Waals surface area contributed by atoms with Crippen molar-refractivity contribution < 1.29 is 4.79 Å². The number of hydrogen-bond donors (Lipinski definition) is 1. The topological polar surface area (TPSA) is 49.6 Å². The zero-order chi connectivity index (χ0) is 18.4. The lowest BCUT2D eigenvalue weighted by Crippen LogP contribution is -2.46. The predicted molar refractivity (Wildman–Crippen MR) is 106 cm³/mol. The van der Waals surface area contributed by atoms with Crippen LogP contribution in [0.15, 0.2) is 60.7 Å². The van der Waals surface area contributed by atoms with Crippen molar-refractivity contribution in [3.63, 3.8) is 0 Å². The van der Waals surface area contributed by atoms with Crippen LogP contribution in [0.25, 0.3) is 0 Å². The minimum Gasteiger partial charge on any atom is -0.340 e. The van der Waals surface area contributed by atoms with E-state index < -0.39 is 6.04 Å². The third kappa shape index (κ3) is 4.93. The minimum atomic E-state index is -0.464. The fraction of sp³-hybridized carbons (Fsp3) is 0.409. The van der Waals surface area contributed by atoms with Crippen LogP contribution in [0.1, 0.15) is 24.5 Å². The summed E-state index contributed by atoms with van der Waals surface area (Å²) in [5.41, 5.74) is 8.65. The molecule has 4 nitrogen and oxygen atoms in total. The highest BCUT2D eigenvalue weighted by Gasteiger charge is 2.26. The number of carbonyl (C=O) groups is 1. The van der Waals surface area contributed by atoms with E-state index in [0.717, 1.165) is 38.2 Å². The second-order valence-corrected chi connectivity index (χ2v) is 7.22. The van der Waals surface area contributed by atoms with Gasteiger partial charge in [0.1, 0.15) is 0 Å². The number of nitrogens with two attached hydrogens (primary N) is 1. The van der Waals surface area contributed by atoms with Crippen molar-refractivity contribution in [3.8, 4) is 0 Å². The average molecular weight is 351 g/mol. The molecule has 1 fully saturated rings. The SMILES string of the molecule is CC1CCN(C(=O)C(N)Cc2ccccc2)CCN1Cc1ccccc1. The van der Waals surface area contributed by atoms with Gasteiger partial charge in [-0.05, 0) is 30.9 Å². The van der Waals surface area contributed by atoms with Crippen LogP contribution in [0.3, 0.4) is 0 Å². The lowest BCUT2D eigenvalue weighted by atomic mass is 10.1. The van der Waals surface area contributed by atoms with Crippen LogP contribution in [0.5, 0.6) is 0 Å². The minimum absolute atomic E-state index is 0.0719. The maximum Gasteiger partial charge on any atom is 0.239 e. The van der Waals surface area contributed by atoms with Gasteiger partial charge in [0.15, 0.2) is 0 Å². The van der Waals surface area contributed by atoms with E-state index in [1.165, 1.54) is 5.56 Å². The summed E-state index contributed by atoms with van der Waals surface area (Å²) in [4.78, 5) is 17.2. The van der Waals surface area contributed by atoms with Crippen molar-refractivity contribution in [3.05, 3.63) is 71.8 Å². The zero-order valence-corrected chi connectivity index (χ0v) is 15.6. The lowest BCUT2D eigenvalue weighted by molar-refractivity contribution is -0.132. The molecule has 2 aromatic rings. The fourth-order valence-corrected chi connectivity index (χ4v) is 3.57. The number of benzene rings is 2. The van der Waals surface area contributed by atoms with Gasteiger partial charge in [-0.15, -0.1) is 0 Å². The second kappa shape index (κ2) is 8.97. The molecule has 4 heteroatoms. The first-order valence-electron chi connectivity index (χ1n) is 9.50. The molecule has 0 radical (unpaired) electrons. The molecule has 1 amide bonds. The van der Waals surface area contributed by atoms with Gasteiger partial charge in [0.05, 0.1) is 6.04 Å². The zero-order valence-electron chi connectivity index (χ0n) is 15.6. The number of nitrogens with zero attached hydrogens (tertiary/aromatic N) is 2. The highest BCUT2D eigenvalue weighted by atomic mass is 16.2. The summed E-state index contributed by atoms with van der Waals surface area (Å²) in [6.07, 6.45) is 1.58. The molecule has 3 rings (SSSR count). The Balaban J connectivity index is 1.57. The van der Waals surface area contributed by atoms with Crippen LogP contribution in [0.4, 0.5) is 0 Å². The van der Waals surface area contributed by atoms with E-state index in [2.05, 4.69) is 36.1 Å². The van der Waals surface area contributed by atoms with Crippen molar-refractivity contribution in [1.29, 1.82) is 0 Å². The normalized spacial score (nSPS) is 19.8. The first kappa shape index (κ1) is 18.6. The molecule has 2 aromatic carbocycles. The Hall–Kier alpha value is -2.17. The Labute approximate surface area is 156 Å². The van der Waals surface area contributed by atoms with Crippen LogP contribution in [0, 0.1) is 0 Å². The van der Waals surface area contributed by atoms with Crippen LogP contribution in [-0.4, -0.2) is 47.4 Å². The van der Waals surface area contributed by atoms with Gasteiger partial charge in [-0.1, -0.05) is 60.7 Å². The molecule has 1 heterocycles. The molecule has 2 unspecified atom stereocenters. The van der Waals surface area contributed by atoms with Crippen molar-refractivity contribution in [2.45, 2.75) is 38.4 Å². The Morgan fingerprint density at radius 2 is 1.62 bits per heavy atom. The lowest BCUT2D eigenvalue weighted by Gasteiger charge is -2.26. The summed E-state index contributed by atoms with van der Waals surface area (Å²) in [5, 5.41) is 0. The van der Waals surface area contributed by atoms with Gasteiger partial charge in [-0.25, -0.2) is 0 Å². The van der Waals surface area contributed by atoms with Crippen molar-refractivity contribution in [2.24, 2.45) is 5.73 Å². The van der Waals surface area contributed by atoms with Gasteiger partial charge in [0, 0.05) is 32.2 Å². The number of rotatable bonds is 5. The molecule has 0 spiro atoms. The van der Waals surface area contributed by atoms with E-state index in [4.69, 9.17) is 5.73 Å². The molecule has 0 bridgehead atoms. The van der Waals surface area contributed by atoms with Gasteiger partial charge in [0.25, 0.3) is 0 Å². The molecular weight excluding hydrogens is 322 g/mol. The van der Waals surface area contributed by atoms with E-state index in [-0.39, 0.29) is 5.91 Å². The number of hydrogen-bond acceptors (Lipinski definition) is 3. The Morgan fingerprint density at radius 1 is 1.00 bits per heavy atom. The standard InChI is InChI=1S/C22H29N3O/c1-18-12-13-24(14-15-25(18)17-20-10-6-3-7-11-20)22(26)21(23)16-19-8-4-2-5-9-19/h2-11,18,21H,12-17,23H2,1H3. The van der Waals surface area contributed by atoms with Crippen molar-refractivity contribution >= 4 is 5.91 Å². The summed E-state index contributed by atoms with van der Waals surface area (Å²) in [6, 6.07) is 20.5. The quantitative estimate of drug-likeness (QED) is 0.901. The van der Waals surface area contributed by atoms with E-state index in [9.17, 15) is 4.79 Å².